The van der Waals surface area contributed by atoms with Crippen LogP contribution >= 0.6 is 0 Å². The van der Waals surface area contributed by atoms with E-state index in [0.29, 0.717) is 25.1 Å². The zero-order chi connectivity index (χ0) is 19.3. The summed E-state index contributed by atoms with van der Waals surface area (Å²) in [7, 11) is -3.79. The number of hydrogen-bond donors (Lipinski definition) is 1. The van der Waals surface area contributed by atoms with Crippen LogP contribution in [0, 0.1) is 6.92 Å². The third-order valence-corrected chi connectivity index (χ3v) is 6.56. The van der Waals surface area contributed by atoms with Crippen molar-refractivity contribution in [2.45, 2.75) is 43.5 Å². The Balaban J connectivity index is 1.86. The van der Waals surface area contributed by atoms with Gasteiger partial charge in [-0.3, -0.25) is 4.79 Å². The van der Waals surface area contributed by atoms with E-state index in [1.807, 2.05) is 30.3 Å². The standard InChI is InChI=1S/C21H26N2O3S/c1-17-10-6-7-13-20(17)27(25,26)22-19(16-18-11-4-2-5-12-18)21(24)23-14-8-3-9-15-23/h2,4-7,10-13,19,22H,3,8-9,14-16H2,1H3/t19-/m0/s1. The molecule has 1 saturated heterocycles. The van der Waals surface area contributed by atoms with Gasteiger partial charge < -0.3 is 4.90 Å². The van der Waals surface area contributed by atoms with Crippen molar-refractivity contribution in [3.05, 3.63) is 65.7 Å². The number of nitrogens with zero attached hydrogens (tertiary/aromatic N) is 1. The van der Waals surface area contributed by atoms with Crippen molar-refractivity contribution >= 4 is 15.9 Å². The van der Waals surface area contributed by atoms with Crippen LogP contribution in [0.4, 0.5) is 0 Å². The number of carbonyl (C=O) groups is 1. The minimum Gasteiger partial charge on any atom is -0.341 e. The molecule has 0 aromatic heterocycles. The van der Waals surface area contributed by atoms with Crippen molar-refractivity contribution in [1.82, 2.24) is 9.62 Å². The molecule has 0 spiro atoms. The number of benzene rings is 2. The summed E-state index contributed by atoms with van der Waals surface area (Å²) >= 11 is 0. The van der Waals surface area contributed by atoms with Gasteiger partial charge in [0.2, 0.25) is 15.9 Å². The van der Waals surface area contributed by atoms with Crippen molar-refractivity contribution in [1.29, 1.82) is 0 Å². The lowest BCUT2D eigenvalue weighted by Gasteiger charge is -2.31. The lowest BCUT2D eigenvalue weighted by molar-refractivity contribution is -0.133. The summed E-state index contributed by atoms with van der Waals surface area (Å²) < 4.78 is 28.6. The molecule has 0 saturated carbocycles. The molecule has 6 heteroatoms. The van der Waals surface area contributed by atoms with Gasteiger partial charge in [-0.2, -0.15) is 4.72 Å². The lowest BCUT2D eigenvalue weighted by atomic mass is 10.0. The van der Waals surface area contributed by atoms with Crippen molar-refractivity contribution < 1.29 is 13.2 Å². The first kappa shape index (κ1) is 19.6. The van der Waals surface area contributed by atoms with E-state index in [0.717, 1.165) is 24.8 Å². The molecule has 2 aromatic carbocycles. The highest BCUT2D eigenvalue weighted by atomic mass is 32.2. The Bertz CT molecular complexity index is 875. The van der Waals surface area contributed by atoms with Crippen LogP contribution in [0.2, 0.25) is 0 Å². The van der Waals surface area contributed by atoms with Gasteiger partial charge >= 0.3 is 0 Å². The number of sulfonamides is 1. The lowest BCUT2D eigenvalue weighted by Crippen LogP contribution is -2.51. The molecule has 1 aliphatic rings. The molecule has 1 N–H and O–H groups in total. The molecule has 2 aromatic rings. The molecule has 1 heterocycles. The number of hydrogen-bond acceptors (Lipinski definition) is 3. The fourth-order valence-corrected chi connectivity index (χ4v) is 4.91. The van der Waals surface area contributed by atoms with Gasteiger partial charge in [0.1, 0.15) is 6.04 Å². The van der Waals surface area contributed by atoms with E-state index in [-0.39, 0.29) is 10.8 Å². The van der Waals surface area contributed by atoms with Crippen molar-refractivity contribution in [2.75, 3.05) is 13.1 Å². The van der Waals surface area contributed by atoms with Gasteiger partial charge in [0.05, 0.1) is 4.90 Å². The summed E-state index contributed by atoms with van der Waals surface area (Å²) in [6, 6.07) is 15.5. The number of rotatable bonds is 6. The van der Waals surface area contributed by atoms with Gasteiger partial charge in [-0.15, -0.1) is 0 Å². The predicted molar refractivity (Wildman–Crippen MR) is 106 cm³/mol. The molecular formula is C21H26N2O3S. The van der Waals surface area contributed by atoms with Crippen LogP contribution in [0.1, 0.15) is 30.4 Å². The fourth-order valence-electron chi connectivity index (χ4n) is 3.47. The Morgan fingerprint density at radius 1 is 1.00 bits per heavy atom. The predicted octanol–water partition coefficient (Wildman–Crippen LogP) is 2.90. The van der Waals surface area contributed by atoms with Crippen molar-refractivity contribution in [3.8, 4) is 0 Å². The van der Waals surface area contributed by atoms with E-state index in [1.165, 1.54) is 0 Å². The Morgan fingerprint density at radius 3 is 2.30 bits per heavy atom. The third kappa shape index (κ3) is 4.96. The number of likely N-dealkylation sites (tertiary alicyclic amines) is 1. The summed E-state index contributed by atoms with van der Waals surface area (Å²) in [5, 5.41) is 0. The van der Waals surface area contributed by atoms with Gasteiger partial charge in [-0.1, -0.05) is 48.5 Å². The van der Waals surface area contributed by atoms with Crippen LogP contribution in [0.3, 0.4) is 0 Å². The summed E-state index contributed by atoms with van der Waals surface area (Å²) in [6.07, 6.45) is 3.38. The monoisotopic (exact) mass is 386 g/mol. The number of nitrogens with one attached hydrogen (secondary N) is 1. The van der Waals surface area contributed by atoms with E-state index < -0.39 is 16.1 Å². The normalized spacial score (nSPS) is 16.1. The van der Waals surface area contributed by atoms with E-state index >= 15 is 0 Å². The topological polar surface area (TPSA) is 66.5 Å². The molecular weight excluding hydrogens is 360 g/mol. The van der Waals surface area contributed by atoms with Gasteiger partial charge in [0, 0.05) is 13.1 Å². The Kier molecular flexibility index (Phi) is 6.29. The number of amides is 1. The molecule has 0 aliphatic carbocycles. The van der Waals surface area contributed by atoms with Crippen molar-refractivity contribution in [2.24, 2.45) is 0 Å². The average molecular weight is 387 g/mol. The smallest absolute Gasteiger partial charge is 0.241 e. The molecule has 0 bridgehead atoms. The molecule has 1 fully saturated rings. The summed E-state index contributed by atoms with van der Waals surface area (Å²) in [4.78, 5) is 15.1. The summed E-state index contributed by atoms with van der Waals surface area (Å²) in [5.41, 5.74) is 1.59. The minimum atomic E-state index is -3.79. The maximum atomic E-state index is 13.1. The minimum absolute atomic E-state index is 0.143. The SMILES string of the molecule is Cc1ccccc1S(=O)(=O)N[C@@H](Cc1ccccc1)C(=O)N1CCCCC1. The number of aryl methyl sites for hydroxylation is 1. The second-order valence-corrected chi connectivity index (χ2v) is 8.70. The first-order chi connectivity index (χ1) is 13.0. The highest BCUT2D eigenvalue weighted by Crippen LogP contribution is 2.17. The zero-order valence-electron chi connectivity index (χ0n) is 15.6. The van der Waals surface area contributed by atoms with Crippen LogP contribution in [-0.2, 0) is 21.2 Å². The van der Waals surface area contributed by atoms with Gasteiger partial charge in [-0.25, -0.2) is 8.42 Å². The summed E-state index contributed by atoms with van der Waals surface area (Å²) in [6.45, 7) is 3.14. The number of piperidine rings is 1. The highest BCUT2D eigenvalue weighted by molar-refractivity contribution is 7.89. The third-order valence-electron chi connectivity index (χ3n) is 4.93. The van der Waals surface area contributed by atoms with E-state index in [1.54, 1.807) is 36.1 Å². The van der Waals surface area contributed by atoms with Crippen LogP contribution in [0.5, 0.6) is 0 Å². The zero-order valence-corrected chi connectivity index (χ0v) is 16.4. The molecule has 0 unspecified atom stereocenters. The molecule has 1 amide bonds. The van der Waals surface area contributed by atoms with Crippen LogP contribution < -0.4 is 4.72 Å². The largest absolute Gasteiger partial charge is 0.341 e. The highest BCUT2D eigenvalue weighted by Gasteiger charge is 2.30. The van der Waals surface area contributed by atoms with E-state index in [4.69, 9.17) is 0 Å². The Labute approximate surface area is 161 Å². The van der Waals surface area contributed by atoms with Gasteiger partial charge in [-0.05, 0) is 49.8 Å². The van der Waals surface area contributed by atoms with Crippen LogP contribution in [0.25, 0.3) is 0 Å². The molecule has 27 heavy (non-hydrogen) atoms. The first-order valence-corrected chi connectivity index (χ1v) is 10.9. The molecule has 0 radical (unpaired) electrons. The maximum Gasteiger partial charge on any atom is 0.241 e. The van der Waals surface area contributed by atoms with E-state index in [9.17, 15) is 13.2 Å². The van der Waals surface area contributed by atoms with Gasteiger partial charge in [0.15, 0.2) is 0 Å². The molecule has 1 aliphatic heterocycles. The second-order valence-electron chi connectivity index (χ2n) is 7.02. The van der Waals surface area contributed by atoms with Crippen molar-refractivity contribution in [3.63, 3.8) is 0 Å². The van der Waals surface area contributed by atoms with Crippen LogP contribution in [0.15, 0.2) is 59.5 Å². The quantitative estimate of drug-likeness (QED) is 0.830. The maximum absolute atomic E-state index is 13.1. The second kappa shape index (κ2) is 8.67. The van der Waals surface area contributed by atoms with Gasteiger partial charge in [0.25, 0.3) is 0 Å². The molecule has 5 nitrogen and oxygen atoms in total. The summed E-state index contributed by atoms with van der Waals surface area (Å²) in [5.74, 6) is -0.143. The van der Waals surface area contributed by atoms with Crippen LogP contribution in [-0.4, -0.2) is 38.4 Å². The number of carbonyl (C=O) groups excluding carboxylic acids is 1. The average Bonchev–Trinajstić information content (AvgIpc) is 2.68. The Hall–Kier alpha value is -2.18. The Morgan fingerprint density at radius 2 is 1.63 bits per heavy atom. The fraction of sp³-hybridized carbons (Fsp3) is 0.381. The molecule has 3 rings (SSSR count). The molecule has 144 valence electrons. The van der Waals surface area contributed by atoms with E-state index in [2.05, 4.69) is 4.72 Å². The molecule has 1 atom stereocenters. The first-order valence-electron chi connectivity index (χ1n) is 9.38.